The molecule has 2 aliphatic heterocycles. The van der Waals surface area contributed by atoms with Crippen molar-refractivity contribution < 1.29 is 28.6 Å². The molecule has 2 fully saturated rings. The summed E-state index contributed by atoms with van der Waals surface area (Å²) >= 11 is 0. The molecule has 5 atom stereocenters. The van der Waals surface area contributed by atoms with E-state index in [1.807, 2.05) is 13.8 Å². The minimum absolute atomic E-state index is 0.0520. The van der Waals surface area contributed by atoms with Crippen LogP contribution in [0.2, 0.25) is 0 Å². The smallest absolute Gasteiger partial charge is 0.334 e. The number of carbonyl (C=O) groups excluding carboxylic acids is 3. The number of hydrogen-bond acceptors (Lipinski definition) is 6. The molecule has 1 aliphatic carbocycles. The predicted octanol–water partition coefficient (Wildman–Crippen LogP) is 2.43. The Kier molecular flexibility index (Phi) is 4.65. The first-order valence-electron chi connectivity index (χ1n) is 8.78. The second kappa shape index (κ2) is 6.50. The number of allylic oxidation sites excluding steroid dienone is 2. The molecule has 6 heteroatoms. The van der Waals surface area contributed by atoms with Crippen molar-refractivity contribution in [3.05, 3.63) is 35.5 Å². The largest absolute Gasteiger partial charge is 0.458 e. The van der Waals surface area contributed by atoms with Crippen molar-refractivity contribution in [3.8, 4) is 0 Å². The summed E-state index contributed by atoms with van der Waals surface area (Å²) in [5.41, 5.74) is 0.857. The van der Waals surface area contributed by atoms with Crippen LogP contribution in [-0.2, 0) is 28.6 Å². The maximum atomic E-state index is 12.3. The third kappa shape index (κ3) is 3.26. The molecule has 0 aromatic rings. The molecule has 0 radical (unpaired) electrons. The fourth-order valence-corrected chi connectivity index (χ4v) is 3.74. The molecule has 0 aromatic heterocycles. The van der Waals surface area contributed by atoms with Crippen molar-refractivity contribution >= 4 is 17.7 Å². The lowest BCUT2D eigenvalue weighted by Crippen LogP contribution is -2.39. The van der Waals surface area contributed by atoms with Crippen molar-refractivity contribution in [1.82, 2.24) is 0 Å². The van der Waals surface area contributed by atoms with Crippen LogP contribution < -0.4 is 0 Å². The van der Waals surface area contributed by atoms with Gasteiger partial charge in [0.25, 0.3) is 0 Å². The van der Waals surface area contributed by atoms with E-state index >= 15 is 0 Å². The molecule has 6 nitrogen and oxygen atoms in total. The van der Waals surface area contributed by atoms with E-state index in [0.717, 1.165) is 5.57 Å². The minimum Gasteiger partial charge on any atom is -0.458 e. The number of esters is 2. The first-order valence-corrected chi connectivity index (χ1v) is 8.78. The summed E-state index contributed by atoms with van der Waals surface area (Å²) in [6.07, 6.45) is 2.11. The lowest BCUT2D eigenvalue weighted by Gasteiger charge is -2.28. The third-order valence-corrected chi connectivity index (χ3v) is 5.37. The average molecular weight is 360 g/mol. The quantitative estimate of drug-likeness (QED) is 0.427. The molecule has 3 aliphatic rings. The van der Waals surface area contributed by atoms with Gasteiger partial charge in [0.1, 0.15) is 23.9 Å². The summed E-state index contributed by atoms with van der Waals surface area (Å²) in [6, 6.07) is 0. The Hall–Kier alpha value is -2.21. The summed E-state index contributed by atoms with van der Waals surface area (Å²) in [4.78, 5) is 36.8. The van der Waals surface area contributed by atoms with Gasteiger partial charge in [-0.25, -0.2) is 9.59 Å². The van der Waals surface area contributed by atoms with Crippen LogP contribution in [0.4, 0.5) is 0 Å². The highest BCUT2D eigenvalue weighted by atomic mass is 16.6. The lowest BCUT2D eigenvalue weighted by molar-refractivity contribution is -0.148. The van der Waals surface area contributed by atoms with Crippen molar-refractivity contribution in [2.45, 2.75) is 64.4 Å². The predicted molar refractivity (Wildman–Crippen MR) is 93.1 cm³/mol. The minimum atomic E-state index is -0.674. The number of epoxide rings is 1. The number of fused-ring (bicyclic) bond motifs is 3. The van der Waals surface area contributed by atoms with Gasteiger partial charge in [0.2, 0.25) is 0 Å². The van der Waals surface area contributed by atoms with Gasteiger partial charge in [-0.2, -0.15) is 0 Å². The van der Waals surface area contributed by atoms with Crippen LogP contribution in [-0.4, -0.2) is 41.6 Å². The van der Waals surface area contributed by atoms with E-state index in [9.17, 15) is 14.4 Å². The van der Waals surface area contributed by atoms with Crippen LogP contribution >= 0.6 is 0 Å². The standard InChI is InChI=1S/C20H24O6/c1-6-11(3)18(22)24-14-8-10(2)7-13(21)9-20(5)17(26-20)16-15(14)12(4)19(23)25-16/h6-7,14-17H,4,8-9H2,1-3,5H3/b10-7+,11-6-/t14-,15-,16+,17-,20+/m1/s1. The van der Waals surface area contributed by atoms with Crippen molar-refractivity contribution in [1.29, 1.82) is 0 Å². The Morgan fingerprint density at radius 3 is 2.77 bits per heavy atom. The molecule has 0 spiro atoms. The fraction of sp³-hybridized carbons (Fsp3) is 0.550. The average Bonchev–Trinajstić information content (AvgIpc) is 3.12. The van der Waals surface area contributed by atoms with Gasteiger partial charge in [-0.1, -0.05) is 18.2 Å². The number of ether oxygens (including phenoxy) is 3. The van der Waals surface area contributed by atoms with Gasteiger partial charge in [-0.3, -0.25) is 4.79 Å². The second-order valence-corrected chi connectivity index (χ2v) is 7.53. The topological polar surface area (TPSA) is 82.2 Å². The maximum absolute atomic E-state index is 12.3. The lowest BCUT2D eigenvalue weighted by atomic mass is 9.82. The SMILES string of the molecule is C=C1C(=O)O[C@H]2[C@H]1[C@H](OC(=O)/C(C)=C\C)C/C(C)=C/C(=O)C[C@]1(C)O[C@H]21. The molecule has 140 valence electrons. The second-order valence-electron chi connectivity index (χ2n) is 7.53. The number of carbonyl (C=O) groups is 3. The zero-order valence-corrected chi connectivity index (χ0v) is 15.5. The van der Waals surface area contributed by atoms with E-state index < -0.39 is 41.8 Å². The van der Waals surface area contributed by atoms with E-state index in [-0.39, 0.29) is 17.8 Å². The monoisotopic (exact) mass is 360 g/mol. The number of hydrogen-bond donors (Lipinski definition) is 0. The normalized spacial score (nSPS) is 39.3. The molecule has 2 saturated heterocycles. The van der Waals surface area contributed by atoms with E-state index in [2.05, 4.69) is 6.58 Å². The Bertz CT molecular complexity index is 745. The Morgan fingerprint density at radius 1 is 1.42 bits per heavy atom. The van der Waals surface area contributed by atoms with Gasteiger partial charge >= 0.3 is 11.9 Å². The highest BCUT2D eigenvalue weighted by molar-refractivity contribution is 5.93. The summed E-state index contributed by atoms with van der Waals surface area (Å²) in [6.45, 7) is 10.9. The van der Waals surface area contributed by atoms with Gasteiger partial charge in [0, 0.05) is 24.0 Å². The molecule has 0 bridgehead atoms. The molecule has 0 aromatic carbocycles. The summed E-state index contributed by atoms with van der Waals surface area (Å²) in [5.74, 6) is -1.52. The van der Waals surface area contributed by atoms with E-state index in [1.54, 1.807) is 26.0 Å². The molecule has 0 saturated carbocycles. The van der Waals surface area contributed by atoms with Gasteiger partial charge < -0.3 is 14.2 Å². The molecular weight excluding hydrogens is 336 g/mol. The Labute approximate surface area is 152 Å². The molecular formula is C20H24O6. The third-order valence-electron chi connectivity index (χ3n) is 5.37. The first-order chi connectivity index (χ1) is 12.2. The maximum Gasteiger partial charge on any atom is 0.334 e. The highest BCUT2D eigenvalue weighted by Gasteiger charge is 2.64. The zero-order chi connectivity index (χ0) is 19.2. The molecule has 3 rings (SSSR count). The van der Waals surface area contributed by atoms with Crippen molar-refractivity contribution in [2.24, 2.45) is 5.92 Å². The summed E-state index contributed by atoms with van der Waals surface area (Å²) in [7, 11) is 0. The molecule has 26 heavy (non-hydrogen) atoms. The van der Waals surface area contributed by atoms with Crippen LogP contribution in [0.3, 0.4) is 0 Å². The molecule has 0 unspecified atom stereocenters. The zero-order valence-electron chi connectivity index (χ0n) is 15.5. The van der Waals surface area contributed by atoms with Crippen LogP contribution in [0, 0.1) is 5.92 Å². The Balaban J connectivity index is 1.98. The number of rotatable bonds is 2. The van der Waals surface area contributed by atoms with E-state index in [1.165, 1.54) is 0 Å². The van der Waals surface area contributed by atoms with Crippen molar-refractivity contribution in [3.63, 3.8) is 0 Å². The van der Waals surface area contributed by atoms with E-state index in [0.29, 0.717) is 12.0 Å². The highest BCUT2D eigenvalue weighted by Crippen LogP contribution is 2.49. The van der Waals surface area contributed by atoms with Crippen LogP contribution in [0.1, 0.15) is 40.5 Å². The molecule has 2 heterocycles. The van der Waals surface area contributed by atoms with Crippen LogP contribution in [0.25, 0.3) is 0 Å². The summed E-state index contributed by atoms with van der Waals surface area (Å²) < 4.78 is 17.0. The number of ketones is 1. The van der Waals surface area contributed by atoms with Crippen LogP contribution in [0.15, 0.2) is 35.5 Å². The summed E-state index contributed by atoms with van der Waals surface area (Å²) in [5, 5.41) is 0. The molecule has 0 N–H and O–H groups in total. The first kappa shape index (κ1) is 18.6. The van der Waals surface area contributed by atoms with E-state index in [4.69, 9.17) is 14.2 Å². The van der Waals surface area contributed by atoms with Gasteiger partial charge in [-0.15, -0.1) is 0 Å². The van der Waals surface area contributed by atoms with Gasteiger partial charge in [-0.05, 0) is 33.8 Å². The van der Waals surface area contributed by atoms with Crippen molar-refractivity contribution in [2.75, 3.05) is 0 Å². The van der Waals surface area contributed by atoms with Gasteiger partial charge in [0.15, 0.2) is 5.78 Å². The Morgan fingerprint density at radius 2 is 2.12 bits per heavy atom. The van der Waals surface area contributed by atoms with Gasteiger partial charge in [0.05, 0.1) is 5.92 Å². The fourth-order valence-electron chi connectivity index (χ4n) is 3.74. The molecule has 0 amide bonds. The van der Waals surface area contributed by atoms with Crippen LogP contribution in [0.5, 0.6) is 0 Å².